The van der Waals surface area contributed by atoms with Crippen molar-refractivity contribution in [2.24, 2.45) is 0 Å². The third-order valence-electron chi connectivity index (χ3n) is 3.09. The van der Waals surface area contributed by atoms with Gasteiger partial charge in [0.05, 0.1) is 0 Å². The molecule has 100 valence electrons. The maximum absolute atomic E-state index is 10.2. The second kappa shape index (κ2) is 5.09. The fourth-order valence-corrected chi connectivity index (χ4v) is 2.13. The number of allylic oxidation sites excluding steroid dienone is 1. The summed E-state index contributed by atoms with van der Waals surface area (Å²) in [5.74, 6) is -0.293. The number of benzene rings is 1. The maximum Gasteiger partial charge on any atom is 0.289 e. The van der Waals surface area contributed by atoms with Crippen LogP contribution in [0.1, 0.15) is 17.2 Å². The number of ether oxygens (including phenoxy) is 1. The Morgan fingerprint density at radius 1 is 1.00 bits per heavy atom. The zero-order chi connectivity index (χ0) is 13.9. The summed E-state index contributed by atoms with van der Waals surface area (Å²) >= 11 is 0. The number of aliphatic hydroxyl groups excluding tert-OH is 2. The summed E-state index contributed by atoms with van der Waals surface area (Å²) in [4.78, 5) is 4.00. The van der Waals surface area contributed by atoms with Gasteiger partial charge in [-0.2, -0.15) is 0 Å². The van der Waals surface area contributed by atoms with E-state index >= 15 is 0 Å². The summed E-state index contributed by atoms with van der Waals surface area (Å²) in [5, 5.41) is 20.2. The third kappa shape index (κ3) is 2.23. The number of rotatable bonds is 2. The summed E-state index contributed by atoms with van der Waals surface area (Å²) in [5.41, 5.74) is 1.76. The molecule has 1 aromatic heterocycles. The van der Waals surface area contributed by atoms with Crippen LogP contribution in [0, 0.1) is 0 Å². The van der Waals surface area contributed by atoms with Gasteiger partial charge in [-0.25, -0.2) is 0 Å². The van der Waals surface area contributed by atoms with Gasteiger partial charge in [-0.3, -0.25) is 4.98 Å². The molecule has 0 amide bonds. The highest BCUT2D eigenvalue weighted by Gasteiger charge is 2.25. The van der Waals surface area contributed by atoms with E-state index in [0.717, 1.165) is 5.56 Å². The van der Waals surface area contributed by atoms with Crippen LogP contribution < -0.4 is 0 Å². The lowest BCUT2D eigenvalue weighted by Crippen LogP contribution is -2.11. The molecule has 1 atom stereocenters. The van der Waals surface area contributed by atoms with E-state index in [1.165, 1.54) is 0 Å². The molecule has 3 rings (SSSR count). The van der Waals surface area contributed by atoms with Crippen LogP contribution >= 0.6 is 0 Å². The molecule has 2 heterocycles. The van der Waals surface area contributed by atoms with Gasteiger partial charge in [-0.1, -0.05) is 36.4 Å². The van der Waals surface area contributed by atoms with Gasteiger partial charge < -0.3 is 14.9 Å². The fraction of sp³-hybridized carbons (Fsp3) is 0.0625. The Morgan fingerprint density at radius 3 is 2.45 bits per heavy atom. The van der Waals surface area contributed by atoms with Gasteiger partial charge in [-0.05, 0) is 11.6 Å². The first-order chi connectivity index (χ1) is 9.75. The summed E-state index contributed by atoms with van der Waals surface area (Å²) in [6.07, 6.45) is 4.30. The van der Waals surface area contributed by atoms with E-state index in [-0.39, 0.29) is 11.7 Å². The quantitative estimate of drug-likeness (QED) is 0.873. The Labute approximate surface area is 116 Å². The van der Waals surface area contributed by atoms with E-state index in [1.54, 1.807) is 36.7 Å². The molecule has 1 aromatic carbocycles. The van der Waals surface area contributed by atoms with Gasteiger partial charge in [0.15, 0.2) is 6.10 Å². The lowest BCUT2D eigenvalue weighted by Gasteiger charge is -2.22. The van der Waals surface area contributed by atoms with Gasteiger partial charge in [0, 0.05) is 24.0 Å². The minimum absolute atomic E-state index is 0.00574. The second-order valence-corrected chi connectivity index (χ2v) is 4.42. The van der Waals surface area contributed by atoms with Crippen LogP contribution in [0.15, 0.2) is 72.6 Å². The zero-order valence-corrected chi connectivity index (χ0v) is 10.6. The van der Waals surface area contributed by atoms with Crippen molar-refractivity contribution in [3.8, 4) is 0 Å². The van der Waals surface area contributed by atoms with Gasteiger partial charge in [0.1, 0.15) is 11.3 Å². The number of aliphatic hydroxyl groups is 2. The van der Waals surface area contributed by atoms with Crippen LogP contribution in [0.4, 0.5) is 0 Å². The Morgan fingerprint density at radius 2 is 1.80 bits per heavy atom. The van der Waals surface area contributed by atoms with E-state index in [9.17, 15) is 10.2 Å². The van der Waals surface area contributed by atoms with Gasteiger partial charge >= 0.3 is 0 Å². The van der Waals surface area contributed by atoms with Gasteiger partial charge in [-0.15, -0.1) is 0 Å². The van der Waals surface area contributed by atoms with Crippen LogP contribution in [-0.2, 0) is 4.74 Å². The van der Waals surface area contributed by atoms with Crippen LogP contribution in [0.5, 0.6) is 0 Å². The number of aromatic nitrogens is 1. The molecule has 1 aliphatic rings. The highest BCUT2D eigenvalue weighted by atomic mass is 16.6. The van der Waals surface area contributed by atoms with Crippen molar-refractivity contribution in [2.45, 2.75) is 6.10 Å². The van der Waals surface area contributed by atoms with Crippen molar-refractivity contribution in [3.63, 3.8) is 0 Å². The highest BCUT2D eigenvalue weighted by molar-refractivity contribution is 5.78. The molecule has 0 saturated heterocycles. The van der Waals surface area contributed by atoms with Gasteiger partial charge in [0.25, 0.3) is 5.95 Å². The Bertz CT molecular complexity index is 663. The molecule has 1 unspecified atom stereocenters. The average Bonchev–Trinajstić information content (AvgIpc) is 2.48. The Balaban J connectivity index is 1.96. The summed E-state index contributed by atoms with van der Waals surface area (Å²) in [7, 11) is 0. The molecule has 0 bridgehead atoms. The van der Waals surface area contributed by atoms with Crippen LogP contribution in [-0.4, -0.2) is 15.2 Å². The number of pyridine rings is 1. The van der Waals surface area contributed by atoms with Crippen molar-refractivity contribution >= 4 is 5.57 Å². The first-order valence-corrected chi connectivity index (χ1v) is 6.22. The second-order valence-electron chi connectivity index (χ2n) is 4.42. The third-order valence-corrected chi connectivity index (χ3v) is 3.09. The standard InChI is InChI=1S/C16H13NO3/c18-13-9-14(12-7-4-8-17-10-12)20-16(19)15(13)11-5-2-1-3-6-11/h1-10,14,18-19H. The van der Waals surface area contributed by atoms with Crippen LogP contribution in [0.25, 0.3) is 5.57 Å². The average molecular weight is 267 g/mol. The lowest BCUT2D eigenvalue weighted by atomic mass is 10.0. The summed E-state index contributed by atoms with van der Waals surface area (Å²) in [6.45, 7) is 0. The van der Waals surface area contributed by atoms with Crippen LogP contribution in [0.2, 0.25) is 0 Å². The molecule has 0 spiro atoms. The molecule has 0 saturated carbocycles. The SMILES string of the molecule is OC1=CC(c2cccnc2)OC(O)=C1c1ccccc1. The van der Waals surface area contributed by atoms with E-state index in [0.29, 0.717) is 11.1 Å². The fourth-order valence-electron chi connectivity index (χ4n) is 2.13. The summed E-state index contributed by atoms with van der Waals surface area (Å²) < 4.78 is 5.47. The molecule has 20 heavy (non-hydrogen) atoms. The van der Waals surface area contributed by atoms with E-state index < -0.39 is 6.10 Å². The normalized spacial score (nSPS) is 18.4. The van der Waals surface area contributed by atoms with Crippen molar-refractivity contribution in [1.29, 1.82) is 0 Å². The molecule has 2 N–H and O–H groups in total. The van der Waals surface area contributed by atoms with E-state index in [2.05, 4.69) is 4.98 Å². The van der Waals surface area contributed by atoms with E-state index in [1.807, 2.05) is 24.3 Å². The number of hydrogen-bond acceptors (Lipinski definition) is 4. The molecular formula is C16H13NO3. The van der Waals surface area contributed by atoms with E-state index in [4.69, 9.17) is 4.74 Å². The molecule has 0 radical (unpaired) electrons. The smallest absolute Gasteiger partial charge is 0.289 e. The lowest BCUT2D eigenvalue weighted by molar-refractivity contribution is 0.0514. The molecular weight excluding hydrogens is 254 g/mol. The predicted octanol–water partition coefficient (Wildman–Crippen LogP) is 3.52. The first kappa shape index (κ1) is 12.3. The van der Waals surface area contributed by atoms with Crippen LogP contribution in [0.3, 0.4) is 0 Å². The molecule has 2 aromatic rings. The van der Waals surface area contributed by atoms with Crippen molar-refractivity contribution < 1.29 is 14.9 Å². The maximum atomic E-state index is 10.2. The Kier molecular flexibility index (Phi) is 3.13. The summed E-state index contributed by atoms with van der Waals surface area (Å²) in [6, 6.07) is 12.7. The van der Waals surface area contributed by atoms with Crippen molar-refractivity contribution in [1.82, 2.24) is 4.98 Å². The number of nitrogens with zero attached hydrogens (tertiary/aromatic N) is 1. The minimum Gasteiger partial charge on any atom is -0.507 e. The highest BCUT2D eigenvalue weighted by Crippen LogP contribution is 2.35. The minimum atomic E-state index is -0.545. The Hall–Kier alpha value is -2.75. The monoisotopic (exact) mass is 267 g/mol. The van der Waals surface area contributed by atoms with Crippen molar-refractivity contribution in [3.05, 3.63) is 83.8 Å². The molecule has 4 heteroatoms. The molecule has 4 nitrogen and oxygen atoms in total. The largest absolute Gasteiger partial charge is 0.507 e. The zero-order valence-electron chi connectivity index (χ0n) is 10.6. The molecule has 1 aliphatic heterocycles. The first-order valence-electron chi connectivity index (χ1n) is 6.22. The molecule has 0 aliphatic carbocycles. The molecule has 0 fully saturated rings. The van der Waals surface area contributed by atoms with Gasteiger partial charge in [0.2, 0.25) is 0 Å². The number of hydrogen-bond donors (Lipinski definition) is 2. The predicted molar refractivity (Wildman–Crippen MR) is 74.8 cm³/mol. The topological polar surface area (TPSA) is 62.6 Å². The van der Waals surface area contributed by atoms with Crippen molar-refractivity contribution in [2.75, 3.05) is 0 Å².